The minimum atomic E-state index is -0.917. The molecule has 2 rings (SSSR count). The Hall–Kier alpha value is -2.22. The largest absolute Gasteiger partial charge is 0.487 e. The molecule has 0 radical (unpaired) electrons. The predicted molar refractivity (Wildman–Crippen MR) is 55.2 cm³/mol. The third-order valence-electron chi connectivity index (χ3n) is 2.40. The zero-order valence-electron chi connectivity index (χ0n) is 8.46. The minimum absolute atomic E-state index is 0.0796. The molecular weight excluding hydrogens is 208 g/mol. The van der Waals surface area contributed by atoms with Crippen LogP contribution in [0.15, 0.2) is 24.3 Å². The van der Waals surface area contributed by atoms with Gasteiger partial charge in [0.25, 0.3) is 0 Å². The van der Waals surface area contributed by atoms with Crippen LogP contribution in [0.2, 0.25) is 0 Å². The SMILES string of the molecule is N#Cc1ccc(OC2CN(C(=O)O)C2)cc1. The molecule has 0 aliphatic carbocycles. The van der Waals surface area contributed by atoms with Gasteiger partial charge in [0.2, 0.25) is 0 Å². The molecule has 16 heavy (non-hydrogen) atoms. The second kappa shape index (κ2) is 4.11. The van der Waals surface area contributed by atoms with Crippen molar-refractivity contribution < 1.29 is 14.6 Å². The lowest BCUT2D eigenvalue weighted by Crippen LogP contribution is -2.55. The van der Waals surface area contributed by atoms with Crippen molar-refractivity contribution in [2.24, 2.45) is 0 Å². The summed E-state index contributed by atoms with van der Waals surface area (Å²) in [6, 6.07) is 8.78. The quantitative estimate of drug-likeness (QED) is 0.811. The van der Waals surface area contributed by atoms with Crippen molar-refractivity contribution >= 4 is 6.09 Å². The molecule has 0 atom stereocenters. The molecule has 1 aliphatic heterocycles. The Morgan fingerprint density at radius 2 is 2.06 bits per heavy atom. The smallest absolute Gasteiger partial charge is 0.407 e. The molecule has 5 nitrogen and oxygen atoms in total. The molecule has 82 valence electrons. The summed E-state index contributed by atoms with van der Waals surface area (Å²) < 4.78 is 5.52. The number of nitriles is 1. The molecule has 1 aromatic carbocycles. The molecule has 0 spiro atoms. The van der Waals surface area contributed by atoms with Crippen LogP contribution in [0.5, 0.6) is 5.75 Å². The van der Waals surface area contributed by atoms with Gasteiger partial charge in [-0.05, 0) is 24.3 Å². The maximum Gasteiger partial charge on any atom is 0.407 e. The molecule has 0 bridgehead atoms. The summed E-state index contributed by atoms with van der Waals surface area (Å²) in [5.74, 6) is 0.661. The standard InChI is InChI=1S/C11H10N2O3/c12-5-8-1-3-9(4-2-8)16-10-6-13(7-10)11(14)15/h1-4,10H,6-7H2,(H,14,15). The van der Waals surface area contributed by atoms with Gasteiger partial charge in [-0.1, -0.05) is 0 Å². The molecule has 0 unspecified atom stereocenters. The van der Waals surface area contributed by atoms with E-state index in [0.29, 0.717) is 24.4 Å². The van der Waals surface area contributed by atoms with Crippen LogP contribution >= 0.6 is 0 Å². The number of likely N-dealkylation sites (tertiary alicyclic amines) is 1. The first-order valence-electron chi connectivity index (χ1n) is 4.84. The summed E-state index contributed by atoms with van der Waals surface area (Å²) >= 11 is 0. The molecule has 0 saturated carbocycles. The van der Waals surface area contributed by atoms with Gasteiger partial charge in [-0.25, -0.2) is 4.79 Å². The highest BCUT2D eigenvalue weighted by Crippen LogP contribution is 2.18. The number of carboxylic acid groups (broad SMARTS) is 1. The summed E-state index contributed by atoms with van der Waals surface area (Å²) in [5, 5.41) is 17.2. The number of amides is 1. The first-order valence-corrected chi connectivity index (χ1v) is 4.84. The number of hydrogen-bond acceptors (Lipinski definition) is 3. The number of rotatable bonds is 2. The normalized spacial score (nSPS) is 15.1. The van der Waals surface area contributed by atoms with E-state index in [0.717, 1.165) is 0 Å². The lowest BCUT2D eigenvalue weighted by molar-refractivity contribution is 0.0252. The third-order valence-corrected chi connectivity index (χ3v) is 2.40. The zero-order valence-corrected chi connectivity index (χ0v) is 8.46. The molecule has 1 aromatic rings. The zero-order chi connectivity index (χ0) is 11.5. The van der Waals surface area contributed by atoms with Crippen LogP contribution in [0.1, 0.15) is 5.56 Å². The van der Waals surface area contributed by atoms with Crippen molar-refractivity contribution in [3.63, 3.8) is 0 Å². The first-order chi connectivity index (χ1) is 7.69. The van der Waals surface area contributed by atoms with Crippen molar-refractivity contribution in [2.75, 3.05) is 13.1 Å². The summed E-state index contributed by atoms with van der Waals surface area (Å²) in [6.07, 6.45) is -0.997. The van der Waals surface area contributed by atoms with E-state index in [4.69, 9.17) is 15.1 Å². The van der Waals surface area contributed by atoms with Crippen LogP contribution in [0.25, 0.3) is 0 Å². The van der Waals surface area contributed by atoms with E-state index in [1.807, 2.05) is 6.07 Å². The molecule has 1 heterocycles. The Kier molecular flexibility index (Phi) is 2.64. The number of benzene rings is 1. The van der Waals surface area contributed by atoms with Gasteiger partial charge in [0.1, 0.15) is 11.9 Å². The number of ether oxygens (including phenoxy) is 1. The van der Waals surface area contributed by atoms with Crippen molar-refractivity contribution in [1.82, 2.24) is 4.90 Å². The highest BCUT2D eigenvalue weighted by atomic mass is 16.5. The Morgan fingerprint density at radius 3 is 2.56 bits per heavy atom. The molecular formula is C11H10N2O3. The molecule has 1 saturated heterocycles. The molecule has 1 aliphatic rings. The topological polar surface area (TPSA) is 73.6 Å². The van der Waals surface area contributed by atoms with Gasteiger partial charge >= 0.3 is 6.09 Å². The average Bonchev–Trinajstić information content (AvgIpc) is 2.23. The van der Waals surface area contributed by atoms with E-state index >= 15 is 0 Å². The first kappa shape index (κ1) is 10.3. The van der Waals surface area contributed by atoms with Gasteiger partial charge in [0.05, 0.1) is 24.7 Å². The van der Waals surface area contributed by atoms with Gasteiger partial charge in [0.15, 0.2) is 0 Å². The maximum absolute atomic E-state index is 10.5. The summed E-state index contributed by atoms with van der Waals surface area (Å²) in [6.45, 7) is 0.796. The van der Waals surface area contributed by atoms with Crippen LogP contribution in [-0.4, -0.2) is 35.3 Å². The Morgan fingerprint density at radius 1 is 1.44 bits per heavy atom. The van der Waals surface area contributed by atoms with Crippen LogP contribution in [0.4, 0.5) is 4.79 Å². The van der Waals surface area contributed by atoms with Gasteiger partial charge in [-0.2, -0.15) is 5.26 Å². The van der Waals surface area contributed by atoms with Gasteiger partial charge < -0.3 is 14.7 Å². The van der Waals surface area contributed by atoms with Crippen molar-refractivity contribution in [3.05, 3.63) is 29.8 Å². The second-order valence-electron chi connectivity index (χ2n) is 3.56. The molecule has 1 fully saturated rings. The maximum atomic E-state index is 10.5. The van der Waals surface area contributed by atoms with Gasteiger partial charge in [-0.15, -0.1) is 0 Å². The van der Waals surface area contributed by atoms with Gasteiger partial charge in [0, 0.05) is 0 Å². The minimum Gasteiger partial charge on any atom is -0.487 e. The lowest BCUT2D eigenvalue weighted by Gasteiger charge is -2.36. The predicted octanol–water partition coefficient (Wildman–Crippen LogP) is 1.30. The van der Waals surface area contributed by atoms with E-state index < -0.39 is 6.09 Å². The highest BCUT2D eigenvalue weighted by molar-refractivity contribution is 5.66. The molecule has 5 heteroatoms. The van der Waals surface area contributed by atoms with E-state index in [1.165, 1.54) is 4.90 Å². The Bertz CT molecular complexity index is 430. The molecule has 0 aromatic heterocycles. The molecule has 1 N–H and O–H groups in total. The number of hydrogen-bond donors (Lipinski definition) is 1. The van der Waals surface area contributed by atoms with Crippen LogP contribution < -0.4 is 4.74 Å². The van der Waals surface area contributed by atoms with Crippen LogP contribution in [0, 0.1) is 11.3 Å². The average molecular weight is 218 g/mol. The van der Waals surface area contributed by atoms with Crippen molar-refractivity contribution in [1.29, 1.82) is 5.26 Å². The highest BCUT2D eigenvalue weighted by Gasteiger charge is 2.31. The Balaban J connectivity index is 1.87. The van der Waals surface area contributed by atoms with E-state index in [-0.39, 0.29) is 6.10 Å². The van der Waals surface area contributed by atoms with Crippen LogP contribution in [-0.2, 0) is 0 Å². The van der Waals surface area contributed by atoms with Crippen molar-refractivity contribution in [3.8, 4) is 11.8 Å². The van der Waals surface area contributed by atoms with E-state index in [9.17, 15) is 4.79 Å². The van der Waals surface area contributed by atoms with E-state index in [2.05, 4.69) is 0 Å². The molecule has 1 amide bonds. The second-order valence-corrected chi connectivity index (χ2v) is 3.56. The fraction of sp³-hybridized carbons (Fsp3) is 0.273. The number of nitrogens with zero attached hydrogens (tertiary/aromatic N) is 2. The number of carbonyl (C=O) groups is 1. The summed E-state index contributed by atoms with van der Waals surface area (Å²) in [5.41, 5.74) is 0.577. The van der Waals surface area contributed by atoms with Gasteiger partial charge in [-0.3, -0.25) is 0 Å². The Labute approximate surface area is 92.5 Å². The summed E-state index contributed by atoms with van der Waals surface area (Å²) in [7, 11) is 0. The third kappa shape index (κ3) is 2.06. The van der Waals surface area contributed by atoms with Crippen LogP contribution in [0.3, 0.4) is 0 Å². The van der Waals surface area contributed by atoms with Crippen molar-refractivity contribution in [2.45, 2.75) is 6.10 Å². The lowest BCUT2D eigenvalue weighted by atomic mass is 10.2. The fourth-order valence-corrected chi connectivity index (χ4v) is 1.47. The van der Waals surface area contributed by atoms with E-state index in [1.54, 1.807) is 24.3 Å². The fourth-order valence-electron chi connectivity index (χ4n) is 1.47. The monoisotopic (exact) mass is 218 g/mol. The summed E-state index contributed by atoms with van der Waals surface area (Å²) in [4.78, 5) is 11.8.